The maximum atomic E-state index is 11.6. The predicted molar refractivity (Wildman–Crippen MR) is 87.6 cm³/mol. The summed E-state index contributed by atoms with van der Waals surface area (Å²) in [4.78, 5) is 25.1. The van der Waals surface area contributed by atoms with Gasteiger partial charge in [0, 0.05) is 12.1 Å². The van der Waals surface area contributed by atoms with Crippen molar-refractivity contribution in [2.75, 3.05) is 33.9 Å². The SMILES string of the molecule is C=C(CC(=O)OCCCCCCCC)C(=O)OCCN(C)C. The van der Waals surface area contributed by atoms with Crippen LogP contribution in [0.5, 0.6) is 0 Å². The van der Waals surface area contributed by atoms with E-state index in [4.69, 9.17) is 9.47 Å². The molecule has 5 heteroatoms. The predicted octanol–water partition coefficient (Wildman–Crippen LogP) is 2.94. The highest BCUT2D eigenvalue weighted by molar-refractivity contribution is 5.93. The summed E-state index contributed by atoms with van der Waals surface area (Å²) < 4.78 is 10.1. The number of carbonyl (C=O) groups is 2. The van der Waals surface area contributed by atoms with Gasteiger partial charge in [-0.1, -0.05) is 45.6 Å². The van der Waals surface area contributed by atoms with E-state index in [9.17, 15) is 9.59 Å². The maximum absolute atomic E-state index is 11.6. The van der Waals surface area contributed by atoms with Gasteiger partial charge in [0.2, 0.25) is 0 Å². The molecule has 22 heavy (non-hydrogen) atoms. The Hall–Kier alpha value is -1.36. The number of hydrogen-bond acceptors (Lipinski definition) is 5. The van der Waals surface area contributed by atoms with Crippen molar-refractivity contribution < 1.29 is 19.1 Å². The van der Waals surface area contributed by atoms with Crippen LogP contribution in [0, 0.1) is 0 Å². The molecule has 0 aromatic heterocycles. The van der Waals surface area contributed by atoms with Gasteiger partial charge in [0.15, 0.2) is 0 Å². The molecular formula is C17H31NO4. The van der Waals surface area contributed by atoms with Gasteiger partial charge in [-0.3, -0.25) is 4.79 Å². The Kier molecular flexibility index (Phi) is 12.5. The lowest BCUT2D eigenvalue weighted by Gasteiger charge is -2.11. The molecule has 128 valence electrons. The van der Waals surface area contributed by atoms with Crippen molar-refractivity contribution in [2.45, 2.75) is 51.9 Å². The molecule has 0 unspecified atom stereocenters. The van der Waals surface area contributed by atoms with Gasteiger partial charge >= 0.3 is 11.9 Å². The van der Waals surface area contributed by atoms with E-state index in [2.05, 4.69) is 13.5 Å². The van der Waals surface area contributed by atoms with Crippen LogP contribution in [0.4, 0.5) is 0 Å². The fourth-order valence-corrected chi connectivity index (χ4v) is 1.79. The molecule has 0 saturated carbocycles. The largest absolute Gasteiger partial charge is 0.465 e. The summed E-state index contributed by atoms with van der Waals surface area (Å²) in [6.45, 7) is 7.10. The number of esters is 2. The Morgan fingerprint density at radius 2 is 1.59 bits per heavy atom. The van der Waals surface area contributed by atoms with E-state index < -0.39 is 11.9 Å². The second-order valence-electron chi connectivity index (χ2n) is 5.71. The number of unbranched alkanes of at least 4 members (excludes halogenated alkanes) is 5. The lowest BCUT2D eigenvalue weighted by molar-refractivity contribution is -0.146. The molecule has 0 aliphatic rings. The summed E-state index contributed by atoms with van der Waals surface area (Å²) >= 11 is 0. The molecule has 0 radical (unpaired) electrons. The first-order chi connectivity index (χ1) is 10.5. The fraction of sp³-hybridized carbons (Fsp3) is 0.765. The van der Waals surface area contributed by atoms with Crippen LogP contribution < -0.4 is 0 Å². The molecule has 0 aromatic carbocycles. The number of carbonyl (C=O) groups excluding carboxylic acids is 2. The van der Waals surface area contributed by atoms with E-state index in [1.807, 2.05) is 19.0 Å². The first-order valence-corrected chi connectivity index (χ1v) is 8.12. The molecule has 0 heterocycles. The van der Waals surface area contributed by atoms with Gasteiger partial charge in [0.1, 0.15) is 6.61 Å². The zero-order valence-electron chi connectivity index (χ0n) is 14.4. The van der Waals surface area contributed by atoms with Crippen molar-refractivity contribution in [3.8, 4) is 0 Å². The maximum Gasteiger partial charge on any atom is 0.334 e. The monoisotopic (exact) mass is 313 g/mol. The smallest absolute Gasteiger partial charge is 0.334 e. The average Bonchev–Trinajstić information content (AvgIpc) is 2.45. The third-order valence-electron chi connectivity index (χ3n) is 3.18. The second kappa shape index (κ2) is 13.3. The van der Waals surface area contributed by atoms with Crippen LogP contribution in [0.1, 0.15) is 51.9 Å². The van der Waals surface area contributed by atoms with Crippen LogP contribution in [0.3, 0.4) is 0 Å². The Morgan fingerprint density at radius 3 is 2.23 bits per heavy atom. The van der Waals surface area contributed by atoms with E-state index in [0.29, 0.717) is 13.2 Å². The molecule has 0 bridgehead atoms. The van der Waals surface area contributed by atoms with Crippen LogP contribution >= 0.6 is 0 Å². The van der Waals surface area contributed by atoms with Crippen LogP contribution in [0.25, 0.3) is 0 Å². The molecule has 0 fully saturated rings. The molecule has 0 aliphatic carbocycles. The molecule has 5 nitrogen and oxygen atoms in total. The minimum atomic E-state index is -0.529. The summed E-state index contributed by atoms with van der Waals surface area (Å²) in [5, 5.41) is 0. The van der Waals surface area contributed by atoms with Gasteiger partial charge in [-0.2, -0.15) is 0 Å². The quantitative estimate of drug-likeness (QED) is 0.297. The second-order valence-corrected chi connectivity index (χ2v) is 5.71. The highest BCUT2D eigenvalue weighted by Gasteiger charge is 2.14. The van der Waals surface area contributed by atoms with Crippen LogP contribution in [-0.2, 0) is 19.1 Å². The number of hydrogen-bond donors (Lipinski definition) is 0. The molecule has 0 saturated heterocycles. The summed E-state index contributed by atoms with van der Waals surface area (Å²) in [6.07, 6.45) is 6.74. The van der Waals surface area contributed by atoms with Crippen LogP contribution in [0.2, 0.25) is 0 Å². The third kappa shape index (κ3) is 12.4. The summed E-state index contributed by atoms with van der Waals surface area (Å²) in [6, 6.07) is 0. The zero-order chi connectivity index (χ0) is 16.8. The molecule has 0 amide bonds. The molecule has 0 atom stereocenters. The van der Waals surface area contributed by atoms with E-state index in [0.717, 1.165) is 12.8 Å². The van der Waals surface area contributed by atoms with E-state index in [1.165, 1.54) is 25.7 Å². The molecule has 0 aromatic rings. The van der Waals surface area contributed by atoms with Crippen molar-refractivity contribution in [1.82, 2.24) is 4.90 Å². The summed E-state index contributed by atoms with van der Waals surface area (Å²) in [5.41, 5.74) is 0.145. The van der Waals surface area contributed by atoms with E-state index in [-0.39, 0.29) is 18.6 Å². The van der Waals surface area contributed by atoms with Gasteiger partial charge in [0.25, 0.3) is 0 Å². The molecular weight excluding hydrogens is 282 g/mol. The Morgan fingerprint density at radius 1 is 0.955 bits per heavy atom. The number of nitrogens with zero attached hydrogens (tertiary/aromatic N) is 1. The Bertz CT molecular complexity index is 340. The van der Waals surface area contributed by atoms with Gasteiger partial charge in [-0.25, -0.2) is 4.79 Å². The lowest BCUT2D eigenvalue weighted by Crippen LogP contribution is -2.21. The van der Waals surface area contributed by atoms with Crippen LogP contribution in [-0.4, -0.2) is 50.7 Å². The van der Waals surface area contributed by atoms with Gasteiger partial charge in [-0.15, -0.1) is 0 Å². The first kappa shape index (κ1) is 20.6. The summed E-state index contributed by atoms with van der Waals surface area (Å²) in [5.74, 6) is -0.943. The Labute approximate surface area is 134 Å². The summed E-state index contributed by atoms with van der Waals surface area (Å²) in [7, 11) is 3.78. The number of ether oxygens (including phenoxy) is 2. The molecule has 0 rings (SSSR count). The third-order valence-corrected chi connectivity index (χ3v) is 3.18. The van der Waals surface area contributed by atoms with Crippen molar-refractivity contribution in [3.63, 3.8) is 0 Å². The number of likely N-dealkylation sites (N-methyl/N-ethyl adjacent to an activating group) is 1. The normalized spacial score (nSPS) is 10.5. The van der Waals surface area contributed by atoms with Crippen molar-refractivity contribution in [3.05, 3.63) is 12.2 Å². The minimum absolute atomic E-state index is 0.101. The lowest BCUT2D eigenvalue weighted by atomic mass is 10.1. The number of rotatable bonds is 13. The van der Waals surface area contributed by atoms with Gasteiger partial charge < -0.3 is 14.4 Å². The van der Waals surface area contributed by atoms with Crippen molar-refractivity contribution >= 4 is 11.9 Å². The van der Waals surface area contributed by atoms with Crippen molar-refractivity contribution in [2.24, 2.45) is 0 Å². The van der Waals surface area contributed by atoms with Gasteiger partial charge in [0.05, 0.1) is 13.0 Å². The highest BCUT2D eigenvalue weighted by Crippen LogP contribution is 2.07. The molecule has 0 aliphatic heterocycles. The van der Waals surface area contributed by atoms with Crippen LogP contribution in [0.15, 0.2) is 12.2 Å². The average molecular weight is 313 g/mol. The van der Waals surface area contributed by atoms with E-state index >= 15 is 0 Å². The fourth-order valence-electron chi connectivity index (χ4n) is 1.79. The zero-order valence-corrected chi connectivity index (χ0v) is 14.4. The van der Waals surface area contributed by atoms with Crippen molar-refractivity contribution in [1.29, 1.82) is 0 Å². The highest BCUT2D eigenvalue weighted by atomic mass is 16.5. The van der Waals surface area contributed by atoms with E-state index in [1.54, 1.807) is 0 Å². The first-order valence-electron chi connectivity index (χ1n) is 8.12. The molecule has 0 N–H and O–H groups in total. The van der Waals surface area contributed by atoms with Gasteiger partial charge in [-0.05, 0) is 20.5 Å². The topological polar surface area (TPSA) is 55.8 Å². The standard InChI is InChI=1S/C17H31NO4/c1-5-6-7-8-9-10-12-21-16(19)14-15(2)17(20)22-13-11-18(3)4/h2,5-14H2,1,3-4H3. The Balaban J connectivity index is 3.64. The minimum Gasteiger partial charge on any atom is -0.465 e. The molecule has 0 spiro atoms.